The number of aromatic nitrogens is 5. The lowest BCUT2D eigenvalue weighted by molar-refractivity contribution is 1.07. The van der Waals surface area contributed by atoms with Crippen LogP contribution in [0.5, 0.6) is 0 Å². The van der Waals surface area contributed by atoms with E-state index in [0.29, 0.717) is 23.3 Å². The van der Waals surface area contributed by atoms with Crippen molar-refractivity contribution in [3.05, 3.63) is 224 Å². The average Bonchev–Trinajstić information content (AvgIpc) is 3.35. The highest BCUT2D eigenvalue weighted by molar-refractivity contribution is 5.85. The van der Waals surface area contributed by atoms with Crippen molar-refractivity contribution in [3.8, 4) is 101 Å². The molecule has 5 nitrogen and oxygen atoms in total. The van der Waals surface area contributed by atoms with Crippen molar-refractivity contribution in [2.45, 2.75) is 0 Å². The summed E-state index contributed by atoms with van der Waals surface area (Å²) in [6.45, 7) is 0. The molecule has 0 unspecified atom stereocenters. The Morgan fingerprint density at radius 2 is 0.500 bits per heavy atom. The summed E-state index contributed by atoms with van der Waals surface area (Å²) in [5, 5.41) is 0. The van der Waals surface area contributed by atoms with Crippen LogP contribution in [-0.4, -0.2) is 24.9 Å². The van der Waals surface area contributed by atoms with Gasteiger partial charge in [0.25, 0.3) is 0 Å². The van der Waals surface area contributed by atoms with Gasteiger partial charge in [-0.1, -0.05) is 200 Å². The minimum atomic E-state index is 0.613. The quantitative estimate of drug-likeness (QED) is 0.146. The Morgan fingerprint density at radius 3 is 1.03 bits per heavy atom. The van der Waals surface area contributed by atoms with Crippen LogP contribution in [0.1, 0.15) is 0 Å². The van der Waals surface area contributed by atoms with Crippen molar-refractivity contribution in [3.63, 3.8) is 0 Å². The van der Waals surface area contributed by atoms with Crippen LogP contribution < -0.4 is 0 Å². The van der Waals surface area contributed by atoms with Crippen LogP contribution in [0.3, 0.4) is 0 Å². The van der Waals surface area contributed by atoms with Gasteiger partial charge in [-0.15, -0.1) is 0 Å². The van der Waals surface area contributed by atoms with E-state index in [4.69, 9.17) is 24.9 Å². The summed E-state index contributed by atoms with van der Waals surface area (Å²) in [7, 11) is 0. The largest absolute Gasteiger partial charge is 0.228 e. The molecule has 0 fully saturated rings. The molecular weight excluding hydrogens is 731 g/mol. The van der Waals surface area contributed by atoms with E-state index in [1.165, 1.54) is 11.1 Å². The Bertz CT molecular complexity index is 3020. The minimum absolute atomic E-state index is 0.613. The van der Waals surface area contributed by atoms with Crippen molar-refractivity contribution in [2.24, 2.45) is 0 Å². The van der Waals surface area contributed by atoms with E-state index >= 15 is 0 Å². The van der Waals surface area contributed by atoms with Crippen molar-refractivity contribution in [2.75, 3.05) is 0 Å². The van der Waals surface area contributed by atoms with Crippen molar-refractivity contribution < 1.29 is 0 Å². The zero-order valence-electron chi connectivity index (χ0n) is 32.6. The van der Waals surface area contributed by atoms with Gasteiger partial charge in [-0.25, -0.2) is 24.9 Å². The third-order valence-corrected chi connectivity index (χ3v) is 10.6. The smallest absolute Gasteiger partial charge is 0.164 e. The van der Waals surface area contributed by atoms with E-state index < -0.39 is 0 Å². The lowest BCUT2D eigenvalue weighted by Crippen LogP contribution is -2.00. The van der Waals surface area contributed by atoms with Crippen LogP contribution in [0.25, 0.3) is 101 Å². The average molecular weight is 768 g/mol. The lowest BCUT2D eigenvalue weighted by atomic mass is 9.93. The van der Waals surface area contributed by atoms with Gasteiger partial charge in [0.05, 0.1) is 11.4 Å². The molecule has 0 bridgehead atoms. The summed E-state index contributed by atoms with van der Waals surface area (Å²) in [6, 6.07) is 77.0. The normalized spacial score (nSPS) is 11.0. The van der Waals surface area contributed by atoms with E-state index in [2.05, 4.69) is 146 Å². The molecule has 2 aromatic heterocycles. The molecule has 10 rings (SSSR count). The zero-order chi connectivity index (χ0) is 40.1. The first-order valence-corrected chi connectivity index (χ1v) is 20.0. The Kier molecular flexibility index (Phi) is 9.88. The van der Waals surface area contributed by atoms with Gasteiger partial charge in [-0.3, -0.25) is 0 Å². The van der Waals surface area contributed by atoms with Crippen molar-refractivity contribution in [1.29, 1.82) is 0 Å². The molecule has 0 amide bonds. The number of hydrogen-bond donors (Lipinski definition) is 0. The molecule has 0 saturated heterocycles. The molecule has 0 aliphatic heterocycles. The number of nitrogens with zero attached hydrogens (tertiary/aromatic N) is 5. The van der Waals surface area contributed by atoms with Gasteiger partial charge in [-0.2, -0.15) is 0 Å². The van der Waals surface area contributed by atoms with Crippen LogP contribution in [0, 0.1) is 0 Å². The maximum absolute atomic E-state index is 5.25. The van der Waals surface area contributed by atoms with Gasteiger partial charge in [0.15, 0.2) is 23.3 Å². The molecule has 0 aliphatic carbocycles. The van der Waals surface area contributed by atoms with Gasteiger partial charge < -0.3 is 0 Å². The highest BCUT2D eigenvalue weighted by atomic mass is 15.0. The third kappa shape index (κ3) is 7.63. The topological polar surface area (TPSA) is 64.5 Å². The van der Waals surface area contributed by atoms with Crippen LogP contribution >= 0.6 is 0 Å². The molecule has 2 heterocycles. The molecule has 282 valence electrons. The molecule has 0 N–H and O–H groups in total. The monoisotopic (exact) mass is 767 g/mol. The zero-order valence-corrected chi connectivity index (χ0v) is 32.6. The van der Waals surface area contributed by atoms with Gasteiger partial charge in [0.1, 0.15) is 0 Å². The molecule has 60 heavy (non-hydrogen) atoms. The van der Waals surface area contributed by atoms with Crippen molar-refractivity contribution in [1.82, 2.24) is 24.9 Å². The van der Waals surface area contributed by atoms with E-state index in [0.717, 1.165) is 67.0 Å². The summed E-state index contributed by atoms with van der Waals surface area (Å²) < 4.78 is 0. The summed E-state index contributed by atoms with van der Waals surface area (Å²) in [5.41, 5.74) is 14.1. The predicted molar refractivity (Wildman–Crippen MR) is 244 cm³/mol. The molecule has 0 radical (unpaired) electrons. The second-order valence-corrected chi connectivity index (χ2v) is 14.5. The third-order valence-electron chi connectivity index (χ3n) is 10.6. The lowest BCUT2D eigenvalue weighted by Gasteiger charge is -2.13. The summed E-state index contributed by atoms with van der Waals surface area (Å²) >= 11 is 0. The standard InChI is InChI=1S/C55H37N5/c1-5-18-38(19-6-1)48-32-13-14-33-49(48)44-28-17-31-47(36-44)54-56-50(39-20-7-2-8-21-39)37-51(57-54)45-29-15-26-42(34-45)43-27-16-30-46(35-43)55-59-52(40-22-9-3-10-23-40)58-53(60-55)41-24-11-4-12-25-41/h1-37H. The molecule has 0 saturated carbocycles. The minimum Gasteiger partial charge on any atom is -0.228 e. The van der Waals surface area contributed by atoms with Gasteiger partial charge in [0, 0.05) is 33.4 Å². The Morgan fingerprint density at radius 1 is 0.183 bits per heavy atom. The molecular formula is C55H37N5. The Hall–Kier alpha value is -8.15. The molecule has 0 spiro atoms. The fraction of sp³-hybridized carbons (Fsp3) is 0. The van der Waals surface area contributed by atoms with Crippen molar-refractivity contribution >= 4 is 0 Å². The van der Waals surface area contributed by atoms with Crippen LogP contribution in [0.15, 0.2) is 224 Å². The number of hydrogen-bond acceptors (Lipinski definition) is 5. The maximum atomic E-state index is 5.25. The molecule has 0 aliphatic rings. The van der Waals surface area contributed by atoms with Gasteiger partial charge >= 0.3 is 0 Å². The fourth-order valence-corrected chi connectivity index (χ4v) is 7.54. The Balaban J connectivity index is 1.04. The number of benzene rings is 8. The summed E-state index contributed by atoms with van der Waals surface area (Å²) in [6.07, 6.45) is 0. The summed E-state index contributed by atoms with van der Waals surface area (Å²) in [5.74, 6) is 2.54. The predicted octanol–water partition coefficient (Wildman–Crippen LogP) is 13.7. The second kappa shape index (κ2) is 16.4. The van der Waals surface area contributed by atoms with E-state index in [9.17, 15) is 0 Å². The Labute approximate surface area is 349 Å². The summed E-state index contributed by atoms with van der Waals surface area (Å²) in [4.78, 5) is 25.3. The fourth-order valence-electron chi connectivity index (χ4n) is 7.54. The van der Waals surface area contributed by atoms with E-state index in [-0.39, 0.29) is 0 Å². The van der Waals surface area contributed by atoms with E-state index in [1.807, 2.05) is 78.9 Å². The second-order valence-electron chi connectivity index (χ2n) is 14.5. The first kappa shape index (κ1) is 36.2. The maximum Gasteiger partial charge on any atom is 0.164 e. The first-order chi connectivity index (χ1) is 29.7. The highest BCUT2D eigenvalue weighted by Crippen LogP contribution is 2.36. The molecule has 5 heteroatoms. The van der Waals surface area contributed by atoms with E-state index in [1.54, 1.807) is 0 Å². The van der Waals surface area contributed by atoms with Crippen LogP contribution in [-0.2, 0) is 0 Å². The van der Waals surface area contributed by atoms with Gasteiger partial charge in [0.2, 0.25) is 0 Å². The van der Waals surface area contributed by atoms with Gasteiger partial charge in [-0.05, 0) is 57.6 Å². The molecule has 10 aromatic rings. The SMILES string of the molecule is c1ccc(-c2cc(-c3cccc(-c4cccc(-c5nc(-c6ccccc6)nc(-c6ccccc6)n5)c4)c3)nc(-c3cccc(-c4ccccc4-c4ccccc4)c3)n2)cc1. The highest BCUT2D eigenvalue weighted by Gasteiger charge is 2.16. The van der Waals surface area contributed by atoms with Crippen LogP contribution in [0.2, 0.25) is 0 Å². The molecule has 0 atom stereocenters. The molecule has 8 aromatic carbocycles. The number of rotatable bonds is 9. The first-order valence-electron chi connectivity index (χ1n) is 20.0. The van der Waals surface area contributed by atoms with Crippen LogP contribution in [0.4, 0.5) is 0 Å².